The van der Waals surface area contributed by atoms with Crippen LogP contribution in [0.4, 0.5) is 0 Å². The molecule has 0 amide bonds. The molecule has 0 unspecified atom stereocenters. The minimum absolute atomic E-state index is 0.0372. The first-order valence-electron chi connectivity index (χ1n) is 6.38. The molecule has 1 spiro atoms. The number of hydrogen-bond donors (Lipinski definition) is 1. The Bertz CT molecular complexity index is 532. The molecule has 0 aromatic carbocycles. The monoisotopic (exact) mass is 297 g/mol. The van der Waals surface area contributed by atoms with E-state index in [9.17, 15) is 9.59 Å². The lowest BCUT2D eigenvalue weighted by molar-refractivity contribution is 0.0520. The van der Waals surface area contributed by atoms with E-state index >= 15 is 0 Å². The highest BCUT2D eigenvalue weighted by Crippen LogP contribution is 2.57. The van der Waals surface area contributed by atoms with Gasteiger partial charge in [-0.1, -0.05) is 0 Å². The molecule has 0 atom stereocenters. The van der Waals surface area contributed by atoms with Crippen LogP contribution in [0.3, 0.4) is 0 Å². The van der Waals surface area contributed by atoms with E-state index in [4.69, 9.17) is 4.74 Å². The lowest BCUT2D eigenvalue weighted by Gasteiger charge is -2.30. The van der Waals surface area contributed by atoms with Crippen molar-refractivity contribution >= 4 is 35.3 Å². The average Bonchev–Trinajstić information content (AvgIpc) is 3.03. The second-order valence-electron chi connectivity index (χ2n) is 4.57. The Labute approximate surface area is 120 Å². The lowest BCUT2D eigenvalue weighted by atomic mass is 9.95. The summed E-state index contributed by atoms with van der Waals surface area (Å²) >= 11 is 3.77. The van der Waals surface area contributed by atoms with Crippen LogP contribution in [0.2, 0.25) is 0 Å². The summed E-state index contributed by atoms with van der Waals surface area (Å²) in [6.45, 7) is 2.11. The largest absolute Gasteiger partial charge is 0.461 e. The highest BCUT2D eigenvalue weighted by atomic mass is 32.2. The minimum atomic E-state index is -0.382. The van der Waals surface area contributed by atoms with Crippen LogP contribution in [0.5, 0.6) is 0 Å². The van der Waals surface area contributed by atoms with Crippen LogP contribution in [0.25, 0.3) is 0 Å². The Morgan fingerprint density at radius 1 is 1.47 bits per heavy atom. The summed E-state index contributed by atoms with van der Waals surface area (Å²) < 4.78 is 4.96. The van der Waals surface area contributed by atoms with Crippen LogP contribution >= 0.6 is 23.5 Å². The van der Waals surface area contributed by atoms with Crippen molar-refractivity contribution < 1.29 is 14.3 Å². The highest BCUT2D eigenvalue weighted by molar-refractivity contribution is 8.20. The molecule has 1 fully saturated rings. The molecule has 1 aromatic rings. The molecule has 1 saturated heterocycles. The van der Waals surface area contributed by atoms with Gasteiger partial charge >= 0.3 is 5.97 Å². The van der Waals surface area contributed by atoms with Crippen molar-refractivity contribution in [3.8, 4) is 0 Å². The number of aromatic amines is 1. The first kappa shape index (κ1) is 13.1. The van der Waals surface area contributed by atoms with Gasteiger partial charge in [0.05, 0.1) is 16.4 Å². The Hall–Kier alpha value is -0.880. The summed E-state index contributed by atoms with van der Waals surface area (Å²) in [6.07, 6.45) is 1.41. The fourth-order valence-electron chi connectivity index (χ4n) is 2.59. The molecule has 0 saturated carbocycles. The zero-order valence-electron chi connectivity index (χ0n) is 10.7. The van der Waals surface area contributed by atoms with Gasteiger partial charge in [-0.25, -0.2) is 4.79 Å². The predicted molar refractivity (Wildman–Crippen MR) is 76.9 cm³/mol. The lowest BCUT2D eigenvalue weighted by Crippen LogP contribution is -2.24. The SMILES string of the molecule is CCOC(=O)c1cc2c([nH]1)C(=O)CCC21SCCS1. The maximum absolute atomic E-state index is 12.0. The van der Waals surface area contributed by atoms with Gasteiger partial charge in [0, 0.05) is 23.5 Å². The number of H-pyrrole nitrogens is 1. The van der Waals surface area contributed by atoms with Gasteiger partial charge in [0.25, 0.3) is 0 Å². The summed E-state index contributed by atoms with van der Waals surface area (Å²) in [5.74, 6) is 1.91. The number of hydrogen-bond acceptors (Lipinski definition) is 5. The third kappa shape index (κ3) is 2.10. The number of aromatic nitrogens is 1. The number of fused-ring (bicyclic) bond motifs is 2. The second-order valence-corrected chi connectivity index (χ2v) is 7.61. The summed E-state index contributed by atoms with van der Waals surface area (Å²) in [5, 5.41) is 0. The number of ether oxygens (including phenoxy) is 1. The number of carbonyl (C=O) groups excluding carboxylic acids is 2. The molecule has 2 aliphatic rings. The van der Waals surface area contributed by atoms with Crippen LogP contribution in [0.15, 0.2) is 6.07 Å². The molecule has 1 aliphatic heterocycles. The first-order valence-corrected chi connectivity index (χ1v) is 8.35. The third-order valence-electron chi connectivity index (χ3n) is 3.44. The number of carbonyl (C=O) groups is 2. The maximum Gasteiger partial charge on any atom is 0.354 e. The van der Waals surface area contributed by atoms with Crippen LogP contribution in [-0.4, -0.2) is 34.8 Å². The molecule has 19 heavy (non-hydrogen) atoms. The van der Waals surface area contributed by atoms with Crippen LogP contribution in [0, 0.1) is 0 Å². The van der Waals surface area contributed by atoms with Crippen molar-refractivity contribution in [2.75, 3.05) is 18.1 Å². The average molecular weight is 297 g/mol. The Balaban J connectivity index is 2.02. The predicted octanol–water partition coefficient (Wildman–Crippen LogP) is 2.80. The van der Waals surface area contributed by atoms with Gasteiger partial charge in [-0.3, -0.25) is 4.79 Å². The number of rotatable bonds is 2. The maximum atomic E-state index is 12.0. The van der Waals surface area contributed by atoms with Crippen molar-refractivity contribution in [3.63, 3.8) is 0 Å². The van der Waals surface area contributed by atoms with Gasteiger partial charge in [0.15, 0.2) is 5.78 Å². The number of nitrogens with one attached hydrogen (secondary N) is 1. The van der Waals surface area contributed by atoms with E-state index in [1.807, 2.05) is 29.6 Å². The molecule has 0 bridgehead atoms. The van der Waals surface area contributed by atoms with Crippen molar-refractivity contribution in [2.24, 2.45) is 0 Å². The molecule has 2 heterocycles. The van der Waals surface area contributed by atoms with E-state index in [1.165, 1.54) is 0 Å². The second kappa shape index (κ2) is 4.90. The Morgan fingerprint density at radius 2 is 2.21 bits per heavy atom. The van der Waals surface area contributed by atoms with E-state index in [1.54, 1.807) is 6.92 Å². The topological polar surface area (TPSA) is 59.2 Å². The number of ketones is 1. The van der Waals surface area contributed by atoms with E-state index in [0.29, 0.717) is 24.4 Å². The normalized spacial score (nSPS) is 20.6. The van der Waals surface area contributed by atoms with Gasteiger partial charge in [0.1, 0.15) is 5.69 Å². The van der Waals surface area contributed by atoms with Gasteiger partial charge in [0.2, 0.25) is 0 Å². The summed E-state index contributed by atoms with van der Waals surface area (Å²) in [5.41, 5.74) is 1.99. The zero-order chi connectivity index (χ0) is 13.5. The molecular formula is C13H15NO3S2. The third-order valence-corrected chi connectivity index (χ3v) is 7.00. The highest BCUT2D eigenvalue weighted by Gasteiger charge is 2.44. The minimum Gasteiger partial charge on any atom is -0.461 e. The van der Waals surface area contributed by atoms with Gasteiger partial charge in [-0.05, 0) is 19.4 Å². The van der Waals surface area contributed by atoms with Crippen molar-refractivity contribution in [3.05, 3.63) is 23.0 Å². The van der Waals surface area contributed by atoms with Crippen LogP contribution < -0.4 is 0 Å². The summed E-state index contributed by atoms with van der Waals surface area (Å²) in [6, 6.07) is 1.82. The van der Waals surface area contributed by atoms with Crippen molar-refractivity contribution in [1.29, 1.82) is 0 Å². The fraction of sp³-hybridized carbons (Fsp3) is 0.538. The molecule has 0 radical (unpaired) electrons. The molecule has 3 rings (SSSR count). The zero-order valence-corrected chi connectivity index (χ0v) is 12.3. The summed E-state index contributed by atoms with van der Waals surface area (Å²) in [4.78, 5) is 26.8. The quantitative estimate of drug-likeness (QED) is 0.851. The fourth-order valence-corrected chi connectivity index (χ4v) is 5.87. The first-order chi connectivity index (χ1) is 9.16. The van der Waals surface area contributed by atoms with Crippen LogP contribution in [-0.2, 0) is 8.82 Å². The molecule has 1 aromatic heterocycles. The van der Waals surface area contributed by atoms with Crippen LogP contribution in [0.1, 0.15) is 46.3 Å². The number of esters is 1. The van der Waals surface area contributed by atoms with Gasteiger partial charge in [-0.15, -0.1) is 23.5 Å². The molecule has 6 heteroatoms. The van der Waals surface area contributed by atoms with Crippen molar-refractivity contribution in [1.82, 2.24) is 4.98 Å². The molecule has 1 N–H and O–H groups in total. The molecule has 4 nitrogen and oxygen atoms in total. The standard InChI is InChI=1S/C13H15NO3S2/c1-2-17-12(16)9-7-8-11(14-9)10(15)3-4-13(8)18-5-6-19-13/h7,14H,2-6H2,1H3. The van der Waals surface area contributed by atoms with Gasteiger partial charge < -0.3 is 9.72 Å². The Kier molecular flexibility index (Phi) is 3.39. The van der Waals surface area contributed by atoms with E-state index < -0.39 is 0 Å². The van der Waals surface area contributed by atoms with E-state index in [2.05, 4.69) is 4.98 Å². The molecule has 102 valence electrons. The molecular weight excluding hydrogens is 282 g/mol. The smallest absolute Gasteiger partial charge is 0.354 e. The van der Waals surface area contributed by atoms with E-state index in [0.717, 1.165) is 23.5 Å². The van der Waals surface area contributed by atoms with E-state index in [-0.39, 0.29) is 15.8 Å². The summed E-state index contributed by atoms with van der Waals surface area (Å²) in [7, 11) is 0. The molecule has 1 aliphatic carbocycles. The Morgan fingerprint density at radius 3 is 2.89 bits per heavy atom. The number of Topliss-reactive ketones (excluding diaryl/α,β-unsaturated/α-hetero) is 1. The van der Waals surface area contributed by atoms with Gasteiger partial charge in [-0.2, -0.15) is 0 Å². The number of thioether (sulfide) groups is 2. The van der Waals surface area contributed by atoms with Crippen molar-refractivity contribution in [2.45, 2.75) is 23.8 Å².